The second kappa shape index (κ2) is 9.74. The Morgan fingerprint density at radius 1 is 1.14 bits per heavy atom. The average Bonchev–Trinajstić information content (AvgIpc) is 3.19. The number of nitrogens with zero attached hydrogens (tertiary/aromatic N) is 2. The van der Waals surface area contributed by atoms with E-state index in [9.17, 15) is 9.59 Å². The van der Waals surface area contributed by atoms with Crippen LogP contribution in [0.1, 0.15) is 21.8 Å². The van der Waals surface area contributed by atoms with Gasteiger partial charge in [0.25, 0.3) is 17.0 Å². The Balaban J connectivity index is 1.45. The summed E-state index contributed by atoms with van der Waals surface area (Å²) < 4.78 is 11.1. The topological polar surface area (TPSA) is 106 Å². The maximum Gasteiger partial charge on any atom is 0.277 e. The largest absolute Gasteiger partial charge is 0.484 e. The summed E-state index contributed by atoms with van der Waals surface area (Å²) in [7, 11) is 1.56. The Kier molecular flexibility index (Phi) is 6.85. The van der Waals surface area contributed by atoms with E-state index in [0.717, 1.165) is 23.1 Å². The van der Waals surface area contributed by atoms with Crippen LogP contribution in [0.25, 0.3) is 0 Å². The molecule has 0 atom stereocenters. The molecule has 2 aromatic carbocycles. The van der Waals surface area contributed by atoms with Crippen LogP contribution >= 0.6 is 11.8 Å². The summed E-state index contributed by atoms with van der Waals surface area (Å²) in [5.41, 5.74) is 2.21. The number of anilines is 1. The number of rotatable bonds is 8. The number of hydrogen-bond donors (Lipinski definition) is 2. The fourth-order valence-electron chi connectivity index (χ4n) is 2.38. The zero-order valence-electron chi connectivity index (χ0n) is 16.0. The molecule has 3 aromatic rings. The predicted molar refractivity (Wildman–Crippen MR) is 109 cm³/mol. The number of amides is 2. The van der Waals surface area contributed by atoms with Crippen LogP contribution in [0.3, 0.4) is 0 Å². The highest BCUT2D eigenvalue weighted by atomic mass is 32.2. The van der Waals surface area contributed by atoms with Crippen molar-refractivity contribution >= 4 is 29.3 Å². The number of carbonyl (C=O) groups is 2. The van der Waals surface area contributed by atoms with Gasteiger partial charge in [0.05, 0.1) is 5.75 Å². The first-order valence-electron chi connectivity index (χ1n) is 8.80. The van der Waals surface area contributed by atoms with Gasteiger partial charge < -0.3 is 19.8 Å². The van der Waals surface area contributed by atoms with E-state index in [1.807, 2.05) is 31.2 Å². The standard InChI is InChI=1S/C20H20N4O4S/c1-13-4-3-5-16(10-13)27-11-18-23-24-20(28-18)29-12-17(25)22-15-8-6-14(7-9-15)19(26)21-2/h3-10H,11-12H2,1-2H3,(H,21,26)(H,22,25). The molecular formula is C20H20N4O4S. The van der Waals surface area contributed by atoms with Crippen LogP contribution in [0.5, 0.6) is 5.75 Å². The van der Waals surface area contributed by atoms with Crippen LogP contribution in [-0.4, -0.2) is 34.8 Å². The molecule has 3 rings (SSSR count). The second-order valence-corrected chi connectivity index (χ2v) is 6.99. The van der Waals surface area contributed by atoms with Gasteiger partial charge in [-0.2, -0.15) is 0 Å². The molecule has 150 valence electrons. The van der Waals surface area contributed by atoms with Crippen LogP contribution in [0.15, 0.2) is 58.2 Å². The van der Waals surface area contributed by atoms with Crippen LogP contribution in [-0.2, 0) is 11.4 Å². The number of hydrogen-bond acceptors (Lipinski definition) is 7. The van der Waals surface area contributed by atoms with E-state index in [1.54, 1.807) is 31.3 Å². The van der Waals surface area contributed by atoms with Crippen LogP contribution in [0, 0.1) is 6.92 Å². The molecule has 0 aliphatic rings. The van der Waals surface area contributed by atoms with Gasteiger partial charge in [0.1, 0.15) is 5.75 Å². The summed E-state index contributed by atoms with van der Waals surface area (Å²) in [6.07, 6.45) is 0. The normalized spacial score (nSPS) is 10.4. The zero-order valence-corrected chi connectivity index (χ0v) is 16.8. The number of benzene rings is 2. The Morgan fingerprint density at radius 3 is 2.66 bits per heavy atom. The van der Waals surface area contributed by atoms with Crippen LogP contribution in [0.4, 0.5) is 5.69 Å². The Hall–Kier alpha value is -3.33. The van der Waals surface area contributed by atoms with Crippen molar-refractivity contribution in [2.75, 3.05) is 18.1 Å². The summed E-state index contributed by atoms with van der Waals surface area (Å²) in [5.74, 6) is 0.756. The van der Waals surface area contributed by atoms with Crippen LogP contribution < -0.4 is 15.4 Å². The minimum absolute atomic E-state index is 0.109. The molecule has 8 nitrogen and oxygen atoms in total. The first kappa shape index (κ1) is 20.4. The fourth-order valence-corrected chi connectivity index (χ4v) is 2.96. The molecule has 1 heterocycles. The molecule has 2 N–H and O–H groups in total. The molecule has 0 saturated heterocycles. The molecule has 2 amide bonds. The molecule has 9 heteroatoms. The molecule has 0 unspecified atom stereocenters. The van der Waals surface area contributed by atoms with Gasteiger partial charge in [-0.05, 0) is 48.9 Å². The number of carbonyl (C=O) groups excluding carboxylic acids is 2. The Labute approximate surface area is 172 Å². The highest BCUT2D eigenvalue weighted by Crippen LogP contribution is 2.19. The molecule has 29 heavy (non-hydrogen) atoms. The van der Waals surface area contributed by atoms with Crippen molar-refractivity contribution in [1.29, 1.82) is 0 Å². The summed E-state index contributed by atoms with van der Waals surface area (Å²) in [6, 6.07) is 14.3. The zero-order chi connectivity index (χ0) is 20.6. The number of thioether (sulfide) groups is 1. The third kappa shape index (κ3) is 6.08. The summed E-state index contributed by atoms with van der Waals surface area (Å²) in [5, 5.41) is 13.4. The van der Waals surface area contributed by atoms with Gasteiger partial charge in [-0.25, -0.2) is 0 Å². The van der Waals surface area contributed by atoms with Gasteiger partial charge in [-0.1, -0.05) is 23.9 Å². The maximum atomic E-state index is 12.1. The number of nitrogens with one attached hydrogen (secondary N) is 2. The number of aryl methyl sites for hydroxylation is 1. The van der Waals surface area contributed by atoms with Gasteiger partial charge in [0.2, 0.25) is 5.91 Å². The quantitative estimate of drug-likeness (QED) is 0.548. The van der Waals surface area contributed by atoms with Crippen LogP contribution in [0.2, 0.25) is 0 Å². The first-order chi connectivity index (χ1) is 14.0. The van der Waals surface area contributed by atoms with Crippen molar-refractivity contribution in [1.82, 2.24) is 15.5 Å². The molecule has 0 aliphatic carbocycles. The smallest absolute Gasteiger partial charge is 0.277 e. The molecule has 0 saturated carbocycles. The lowest BCUT2D eigenvalue weighted by atomic mass is 10.2. The SMILES string of the molecule is CNC(=O)c1ccc(NC(=O)CSc2nnc(COc3cccc(C)c3)o2)cc1. The van der Waals surface area contributed by atoms with Crippen molar-refractivity contribution in [3.63, 3.8) is 0 Å². The van der Waals surface area contributed by atoms with Crippen molar-refractivity contribution in [3.05, 3.63) is 65.5 Å². The lowest BCUT2D eigenvalue weighted by Crippen LogP contribution is -2.18. The van der Waals surface area contributed by atoms with Gasteiger partial charge >= 0.3 is 0 Å². The summed E-state index contributed by atoms with van der Waals surface area (Å²) in [6.45, 7) is 2.14. The fraction of sp³-hybridized carbons (Fsp3) is 0.200. The minimum atomic E-state index is -0.224. The average molecular weight is 412 g/mol. The molecule has 1 aromatic heterocycles. The van der Waals surface area contributed by atoms with Gasteiger partial charge in [0.15, 0.2) is 6.61 Å². The van der Waals surface area contributed by atoms with E-state index in [-0.39, 0.29) is 29.4 Å². The third-order valence-electron chi connectivity index (χ3n) is 3.78. The molecule has 0 aliphatic heterocycles. The monoisotopic (exact) mass is 412 g/mol. The minimum Gasteiger partial charge on any atom is -0.484 e. The number of aromatic nitrogens is 2. The molecule has 0 spiro atoms. The van der Waals surface area contributed by atoms with Crippen molar-refractivity contribution in [2.24, 2.45) is 0 Å². The van der Waals surface area contributed by atoms with E-state index >= 15 is 0 Å². The Bertz CT molecular complexity index is 988. The van der Waals surface area contributed by atoms with Gasteiger partial charge in [-0.15, -0.1) is 10.2 Å². The first-order valence-corrected chi connectivity index (χ1v) is 9.78. The predicted octanol–water partition coefficient (Wildman–Crippen LogP) is 3.05. The summed E-state index contributed by atoms with van der Waals surface area (Å²) in [4.78, 5) is 23.6. The van der Waals surface area contributed by atoms with Gasteiger partial charge in [0, 0.05) is 18.3 Å². The van der Waals surface area contributed by atoms with E-state index in [1.165, 1.54) is 0 Å². The lowest BCUT2D eigenvalue weighted by molar-refractivity contribution is -0.113. The van der Waals surface area contributed by atoms with Crippen molar-refractivity contribution < 1.29 is 18.7 Å². The second-order valence-electron chi connectivity index (χ2n) is 6.06. The molecule has 0 fully saturated rings. The van der Waals surface area contributed by atoms with Gasteiger partial charge in [-0.3, -0.25) is 9.59 Å². The highest BCUT2D eigenvalue weighted by Gasteiger charge is 2.11. The lowest BCUT2D eigenvalue weighted by Gasteiger charge is -2.05. The Morgan fingerprint density at radius 2 is 1.93 bits per heavy atom. The van der Waals surface area contributed by atoms with E-state index in [4.69, 9.17) is 9.15 Å². The van der Waals surface area contributed by atoms with E-state index in [0.29, 0.717) is 17.1 Å². The van der Waals surface area contributed by atoms with E-state index < -0.39 is 0 Å². The third-order valence-corrected chi connectivity index (χ3v) is 4.60. The van der Waals surface area contributed by atoms with Crippen molar-refractivity contribution in [2.45, 2.75) is 18.8 Å². The van der Waals surface area contributed by atoms with Crippen molar-refractivity contribution in [3.8, 4) is 5.75 Å². The molecule has 0 bridgehead atoms. The summed E-state index contributed by atoms with van der Waals surface area (Å²) >= 11 is 1.13. The molecule has 0 radical (unpaired) electrons. The number of ether oxygens (including phenoxy) is 1. The molecular weight excluding hydrogens is 392 g/mol. The van der Waals surface area contributed by atoms with E-state index in [2.05, 4.69) is 20.8 Å². The maximum absolute atomic E-state index is 12.1. The highest BCUT2D eigenvalue weighted by molar-refractivity contribution is 7.99.